The molecule has 5 aliphatic rings. The topological polar surface area (TPSA) is 40.5 Å². The maximum absolute atomic E-state index is 11.2. The molecule has 10 atom stereocenters. The molecule has 0 aromatic carbocycles. The third kappa shape index (κ3) is 3.73. The number of rotatable bonds is 5. The van der Waals surface area contributed by atoms with Crippen molar-refractivity contribution in [1.29, 1.82) is 0 Å². The van der Waals surface area contributed by atoms with Crippen LogP contribution in [-0.4, -0.2) is 21.9 Å². The highest BCUT2D eigenvalue weighted by Crippen LogP contribution is 2.69. The summed E-state index contributed by atoms with van der Waals surface area (Å²) in [7, 11) is 0. The Morgan fingerprint density at radius 3 is 2.28 bits per heavy atom. The molecule has 2 nitrogen and oxygen atoms in total. The predicted octanol–water partition coefficient (Wildman–Crippen LogP) is 7.36. The highest BCUT2D eigenvalue weighted by Gasteiger charge is 2.61. The van der Waals surface area contributed by atoms with Crippen molar-refractivity contribution in [3.63, 3.8) is 0 Å². The van der Waals surface area contributed by atoms with E-state index in [0.29, 0.717) is 22.7 Å². The van der Waals surface area contributed by atoms with Crippen LogP contribution in [0.3, 0.4) is 0 Å². The molecular weight excluding hydrogens is 392 g/mol. The summed E-state index contributed by atoms with van der Waals surface area (Å²) < 4.78 is 0. The molecule has 0 aromatic rings. The van der Waals surface area contributed by atoms with Gasteiger partial charge in [0.2, 0.25) is 0 Å². The van der Waals surface area contributed by atoms with Gasteiger partial charge in [-0.1, -0.05) is 53.4 Å². The van der Waals surface area contributed by atoms with Crippen LogP contribution >= 0.6 is 0 Å². The van der Waals surface area contributed by atoms with Crippen LogP contribution in [0.5, 0.6) is 0 Å². The van der Waals surface area contributed by atoms with Gasteiger partial charge < -0.3 is 10.2 Å². The summed E-state index contributed by atoms with van der Waals surface area (Å²) in [5.41, 5.74) is 0.514. The minimum Gasteiger partial charge on any atom is -0.393 e. The molecule has 2 heteroatoms. The van der Waals surface area contributed by atoms with Crippen LogP contribution in [0.1, 0.15) is 124 Å². The Bertz CT molecular complexity index is 670. The average molecular weight is 445 g/mol. The first-order valence-electron chi connectivity index (χ1n) is 14.6. The van der Waals surface area contributed by atoms with Gasteiger partial charge in [0.15, 0.2) is 0 Å². The van der Waals surface area contributed by atoms with E-state index in [4.69, 9.17) is 0 Å². The normalized spacial score (nSPS) is 51.0. The van der Waals surface area contributed by atoms with Gasteiger partial charge in [-0.2, -0.15) is 0 Å². The minimum atomic E-state index is -0.385. The number of hydrogen-bond acceptors (Lipinski definition) is 2. The van der Waals surface area contributed by atoms with Gasteiger partial charge in [0.1, 0.15) is 0 Å². The Morgan fingerprint density at radius 2 is 1.56 bits per heavy atom. The van der Waals surface area contributed by atoms with Crippen LogP contribution in [0, 0.1) is 52.3 Å². The molecular formula is C30H52O2. The molecule has 0 aromatic heterocycles. The third-order valence-corrected chi connectivity index (χ3v) is 12.8. The van der Waals surface area contributed by atoms with Crippen molar-refractivity contribution in [3.8, 4) is 0 Å². The zero-order valence-corrected chi connectivity index (χ0v) is 21.6. The maximum atomic E-state index is 11.2. The second-order valence-corrected chi connectivity index (χ2v) is 14.0. The molecule has 5 fully saturated rings. The molecule has 5 saturated carbocycles. The second-order valence-electron chi connectivity index (χ2n) is 14.0. The molecule has 5 aliphatic carbocycles. The summed E-state index contributed by atoms with van der Waals surface area (Å²) in [6, 6.07) is 0. The lowest BCUT2D eigenvalue weighted by atomic mass is 9.43. The Morgan fingerprint density at radius 1 is 0.844 bits per heavy atom. The Kier molecular flexibility index (Phi) is 6.31. The number of fused-ring (bicyclic) bond motifs is 5. The molecule has 5 rings (SSSR count). The summed E-state index contributed by atoms with van der Waals surface area (Å²) in [4.78, 5) is 0. The SMILES string of the molecule is CC[C@]1(O)CC[C@@]2(C)[C@@H](CC[C@H]3[C@@H]4CC[C@H]([C@H](C)[C@@H](O)CC5CCCC5)C4(C)CC[C@@H]32)C1. The zero-order chi connectivity index (χ0) is 22.7. The van der Waals surface area contributed by atoms with E-state index in [1.54, 1.807) is 0 Å². The standard InChI is InChI=1S/C30H52O2/c1-5-30(32)17-16-28(3)22(19-30)10-11-23-25-13-12-24(29(25,4)15-14-26(23)28)20(2)27(31)18-21-8-6-7-9-21/h20-27,31-32H,5-19H2,1-4H3/t20-,22-,23-,24+,25-,26-,27-,28-,29?,30-/m0/s1. The van der Waals surface area contributed by atoms with Crippen molar-refractivity contribution in [2.45, 2.75) is 136 Å². The maximum Gasteiger partial charge on any atom is 0.0648 e. The highest BCUT2D eigenvalue weighted by atomic mass is 16.3. The monoisotopic (exact) mass is 444 g/mol. The quantitative estimate of drug-likeness (QED) is 0.465. The van der Waals surface area contributed by atoms with Crippen molar-refractivity contribution in [2.24, 2.45) is 52.3 Å². The molecule has 0 spiro atoms. The van der Waals surface area contributed by atoms with E-state index in [-0.39, 0.29) is 11.7 Å². The second kappa shape index (κ2) is 8.54. The molecule has 0 heterocycles. The smallest absolute Gasteiger partial charge is 0.0648 e. The molecule has 32 heavy (non-hydrogen) atoms. The fourth-order valence-corrected chi connectivity index (χ4v) is 10.6. The van der Waals surface area contributed by atoms with E-state index in [1.807, 2.05) is 0 Å². The van der Waals surface area contributed by atoms with Gasteiger partial charge in [0.25, 0.3) is 0 Å². The lowest BCUT2D eigenvalue weighted by molar-refractivity contribution is -0.154. The van der Waals surface area contributed by atoms with Gasteiger partial charge in [-0.05, 0) is 123 Å². The van der Waals surface area contributed by atoms with Gasteiger partial charge in [-0.3, -0.25) is 0 Å². The first-order valence-corrected chi connectivity index (χ1v) is 14.6. The van der Waals surface area contributed by atoms with E-state index < -0.39 is 0 Å². The first kappa shape index (κ1) is 23.7. The first-order chi connectivity index (χ1) is 15.2. The molecule has 2 N–H and O–H groups in total. The molecule has 0 bridgehead atoms. The van der Waals surface area contributed by atoms with Crippen molar-refractivity contribution >= 4 is 0 Å². The van der Waals surface area contributed by atoms with E-state index in [0.717, 1.165) is 55.3 Å². The lowest BCUT2D eigenvalue weighted by Gasteiger charge is -2.62. The van der Waals surface area contributed by atoms with Gasteiger partial charge in [0, 0.05) is 0 Å². The van der Waals surface area contributed by atoms with Crippen molar-refractivity contribution in [1.82, 2.24) is 0 Å². The van der Waals surface area contributed by atoms with Crippen LogP contribution in [0.2, 0.25) is 0 Å². The van der Waals surface area contributed by atoms with Gasteiger partial charge in [0.05, 0.1) is 11.7 Å². The largest absolute Gasteiger partial charge is 0.393 e. The Labute approximate surface area is 198 Å². The summed E-state index contributed by atoms with van der Waals surface area (Å²) in [6.07, 6.45) is 19.0. The Hall–Kier alpha value is -0.0800. The highest BCUT2D eigenvalue weighted by molar-refractivity contribution is 5.11. The van der Waals surface area contributed by atoms with Gasteiger partial charge in [-0.15, -0.1) is 0 Å². The van der Waals surface area contributed by atoms with Crippen molar-refractivity contribution < 1.29 is 10.2 Å². The number of aliphatic hydroxyl groups excluding tert-OH is 1. The lowest BCUT2D eigenvalue weighted by Crippen LogP contribution is -2.56. The molecule has 1 unspecified atom stereocenters. The number of hydrogen-bond donors (Lipinski definition) is 2. The fourth-order valence-electron chi connectivity index (χ4n) is 10.6. The molecule has 0 radical (unpaired) electrons. The summed E-state index contributed by atoms with van der Waals surface area (Å²) in [5, 5.41) is 22.3. The van der Waals surface area contributed by atoms with Gasteiger partial charge in [-0.25, -0.2) is 0 Å². The molecule has 184 valence electrons. The van der Waals surface area contributed by atoms with Crippen molar-refractivity contribution in [2.75, 3.05) is 0 Å². The fraction of sp³-hybridized carbons (Fsp3) is 1.00. The van der Waals surface area contributed by atoms with Crippen LogP contribution in [-0.2, 0) is 0 Å². The van der Waals surface area contributed by atoms with Gasteiger partial charge >= 0.3 is 0 Å². The van der Waals surface area contributed by atoms with Crippen LogP contribution < -0.4 is 0 Å². The average Bonchev–Trinajstić information content (AvgIpc) is 3.41. The summed E-state index contributed by atoms with van der Waals surface area (Å²) >= 11 is 0. The van der Waals surface area contributed by atoms with Crippen LogP contribution in [0.4, 0.5) is 0 Å². The van der Waals surface area contributed by atoms with Crippen LogP contribution in [0.15, 0.2) is 0 Å². The predicted molar refractivity (Wildman–Crippen MR) is 132 cm³/mol. The zero-order valence-electron chi connectivity index (χ0n) is 21.6. The number of aliphatic hydroxyl groups is 2. The van der Waals surface area contributed by atoms with Crippen molar-refractivity contribution in [3.05, 3.63) is 0 Å². The van der Waals surface area contributed by atoms with E-state index in [9.17, 15) is 10.2 Å². The van der Waals surface area contributed by atoms with E-state index in [1.165, 1.54) is 70.6 Å². The molecule has 0 saturated heterocycles. The van der Waals surface area contributed by atoms with Crippen LogP contribution in [0.25, 0.3) is 0 Å². The molecule has 0 amide bonds. The minimum absolute atomic E-state index is 0.0882. The third-order valence-electron chi connectivity index (χ3n) is 12.8. The van der Waals surface area contributed by atoms with E-state index >= 15 is 0 Å². The summed E-state index contributed by atoms with van der Waals surface area (Å²) in [6.45, 7) is 9.83. The summed E-state index contributed by atoms with van der Waals surface area (Å²) in [5.74, 6) is 5.34. The van der Waals surface area contributed by atoms with E-state index in [2.05, 4.69) is 27.7 Å². The molecule has 0 aliphatic heterocycles. The Balaban J connectivity index is 1.29.